The molecule has 5 atom stereocenters. The second-order valence-corrected chi connectivity index (χ2v) is 28.0. The van der Waals surface area contributed by atoms with Gasteiger partial charge in [0.05, 0.1) is 26.4 Å². The summed E-state index contributed by atoms with van der Waals surface area (Å²) in [5.41, 5.74) is 0. The summed E-state index contributed by atoms with van der Waals surface area (Å²) in [6, 6.07) is 0. The molecule has 19 heteroatoms. The number of hydrogen-bond donors (Lipinski definition) is 3. The first kappa shape index (κ1) is 98.2. The van der Waals surface area contributed by atoms with E-state index in [9.17, 15) is 43.2 Å². The van der Waals surface area contributed by atoms with Crippen molar-refractivity contribution < 1.29 is 80.2 Å². The van der Waals surface area contributed by atoms with Crippen LogP contribution in [0.4, 0.5) is 0 Å². The fourth-order valence-corrected chi connectivity index (χ4v) is 11.1. The molecule has 0 heterocycles. The number of hydrogen-bond acceptors (Lipinski definition) is 15. The van der Waals surface area contributed by atoms with Gasteiger partial charge in [0.25, 0.3) is 0 Å². The van der Waals surface area contributed by atoms with Crippen molar-refractivity contribution in [2.24, 2.45) is 0 Å². The van der Waals surface area contributed by atoms with E-state index in [1.54, 1.807) is 0 Å². The number of allylic oxidation sites excluding steroid dienone is 30. The lowest BCUT2D eigenvalue weighted by molar-refractivity contribution is -0.161. The van der Waals surface area contributed by atoms with Crippen LogP contribution in [0.15, 0.2) is 182 Å². The van der Waals surface area contributed by atoms with Crippen molar-refractivity contribution in [3.8, 4) is 0 Å². The minimum atomic E-state index is -5.01. The number of rotatable bonds is 71. The van der Waals surface area contributed by atoms with E-state index in [1.165, 1.54) is 0 Å². The normalized spacial score (nSPS) is 14.9. The van der Waals surface area contributed by atoms with Gasteiger partial charge in [-0.15, -0.1) is 0 Å². The molecule has 0 rings (SSSR count). The smallest absolute Gasteiger partial charge is 0.462 e. The van der Waals surface area contributed by atoms with Crippen LogP contribution in [0, 0.1) is 0 Å². The summed E-state index contributed by atoms with van der Waals surface area (Å²) in [6.07, 6.45) is 90.2. The second kappa shape index (κ2) is 75.4. The van der Waals surface area contributed by atoms with Gasteiger partial charge in [-0.3, -0.25) is 37.3 Å². The molecule has 0 spiro atoms. The molecule has 0 aliphatic carbocycles. The zero-order chi connectivity index (χ0) is 76.0. The maximum Gasteiger partial charge on any atom is 0.472 e. The molecule has 17 nitrogen and oxygen atoms in total. The summed E-state index contributed by atoms with van der Waals surface area (Å²) in [7, 11) is -10.0. The van der Waals surface area contributed by atoms with E-state index in [0.29, 0.717) is 32.1 Å². The molecule has 104 heavy (non-hydrogen) atoms. The van der Waals surface area contributed by atoms with Gasteiger partial charge in [0.2, 0.25) is 0 Å². The number of ether oxygens (including phenoxy) is 4. The molecule has 0 aliphatic heterocycles. The topological polar surface area (TPSA) is 237 Å². The van der Waals surface area contributed by atoms with E-state index < -0.39 is 97.5 Å². The number of aliphatic hydroxyl groups excluding tert-OH is 1. The summed E-state index contributed by atoms with van der Waals surface area (Å²) in [5, 5.41) is 10.6. The van der Waals surface area contributed by atoms with Crippen LogP contribution in [0.2, 0.25) is 0 Å². The highest BCUT2D eigenvalue weighted by atomic mass is 31.2. The molecule has 0 fully saturated rings. The van der Waals surface area contributed by atoms with E-state index in [0.717, 1.165) is 186 Å². The first-order chi connectivity index (χ1) is 50.7. The van der Waals surface area contributed by atoms with Crippen molar-refractivity contribution in [3.05, 3.63) is 182 Å². The quantitative estimate of drug-likeness (QED) is 0.0169. The number of unbranched alkanes of at least 4 members (excludes halogenated alkanes) is 15. The minimum absolute atomic E-state index is 0.0291. The van der Waals surface area contributed by atoms with Crippen molar-refractivity contribution in [2.45, 2.75) is 290 Å². The predicted octanol–water partition coefficient (Wildman–Crippen LogP) is 22.8. The Bertz CT molecular complexity index is 2690. The minimum Gasteiger partial charge on any atom is -0.462 e. The zero-order valence-corrected chi connectivity index (χ0v) is 65.9. The van der Waals surface area contributed by atoms with Crippen molar-refractivity contribution >= 4 is 39.5 Å². The van der Waals surface area contributed by atoms with Crippen molar-refractivity contribution in [1.82, 2.24) is 0 Å². The lowest BCUT2D eigenvalue weighted by Gasteiger charge is -2.21. The highest BCUT2D eigenvalue weighted by molar-refractivity contribution is 7.47. The van der Waals surface area contributed by atoms with Crippen molar-refractivity contribution in [3.63, 3.8) is 0 Å². The van der Waals surface area contributed by atoms with Crippen LogP contribution in [0.3, 0.4) is 0 Å². The second-order valence-electron chi connectivity index (χ2n) is 25.1. The summed E-state index contributed by atoms with van der Waals surface area (Å²) in [5.74, 6) is -2.31. The Kier molecular flexibility index (Phi) is 71.2. The average molecular weight is 1490 g/mol. The third-order valence-corrected chi connectivity index (χ3v) is 17.3. The van der Waals surface area contributed by atoms with Crippen LogP contribution < -0.4 is 0 Å². The van der Waals surface area contributed by atoms with Crippen LogP contribution in [0.5, 0.6) is 0 Å². The lowest BCUT2D eigenvalue weighted by Crippen LogP contribution is -2.30. The fourth-order valence-electron chi connectivity index (χ4n) is 9.56. The molecular formula is C85H136O17P2. The highest BCUT2D eigenvalue weighted by Gasteiger charge is 2.30. The van der Waals surface area contributed by atoms with Gasteiger partial charge in [0.1, 0.15) is 19.3 Å². The Hall–Kier alpha value is -5.84. The largest absolute Gasteiger partial charge is 0.472 e. The van der Waals surface area contributed by atoms with Crippen LogP contribution in [-0.2, 0) is 65.4 Å². The van der Waals surface area contributed by atoms with E-state index in [-0.39, 0.29) is 25.7 Å². The maximum absolute atomic E-state index is 13.1. The Labute approximate surface area is 628 Å². The molecule has 0 aromatic heterocycles. The number of aliphatic hydroxyl groups is 1. The van der Waals surface area contributed by atoms with E-state index in [2.05, 4.69) is 210 Å². The molecular weight excluding hydrogens is 1350 g/mol. The average Bonchev–Trinajstić information content (AvgIpc) is 0.937. The number of phosphoric ester groups is 2. The Balaban J connectivity index is 5.48. The molecule has 0 bridgehead atoms. The van der Waals surface area contributed by atoms with E-state index in [1.807, 2.05) is 0 Å². The van der Waals surface area contributed by atoms with E-state index in [4.69, 9.17) is 37.0 Å². The number of carbonyl (C=O) groups excluding carboxylic acids is 4. The third kappa shape index (κ3) is 74.4. The number of phosphoric acid groups is 2. The maximum atomic E-state index is 13.1. The van der Waals surface area contributed by atoms with Gasteiger partial charge >= 0.3 is 39.5 Å². The number of carbonyl (C=O) groups is 4. The summed E-state index contributed by atoms with van der Waals surface area (Å²) < 4.78 is 68.5. The third-order valence-electron chi connectivity index (χ3n) is 15.4. The SMILES string of the molecule is CC/C=C\C/C=C\C/C=C\C/C=C\CCCCCCC(=O)OCC(COP(=O)(O)OCC(O)COP(=O)(O)OCC(COC(=O)CCCCCC/C=C\C/C=C\C/C=C\C/C=C\CC)OC(=O)CCCCCCC/C=C\C/C=C\C/C=C\CC)OC(=O)CCCC/C=C\C/C=C\C/C=C\C/C=C\CC. The van der Waals surface area contributed by atoms with Crippen LogP contribution in [-0.4, -0.2) is 96.7 Å². The van der Waals surface area contributed by atoms with Crippen LogP contribution in [0.1, 0.15) is 272 Å². The summed E-state index contributed by atoms with van der Waals surface area (Å²) in [4.78, 5) is 73.0. The molecule has 0 radical (unpaired) electrons. The molecule has 0 amide bonds. The molecule has 3 N–H and O–H groups in total. The van der Waals surface area contributed by atoms with Crippen molar-refractivity contribution in [2.75, 3.05) is 39.6 Å². The number of esters is 4. The zero-order valence-electron chi connectivity index (χ0n) is 64.1. The molecule has 5 unspecified atom stereocenters. The fraction of sp³-hybridized carbons (Fsp3) is 0.600. The van der Waals surface area contributed by atoms with Crippen LogP contribution >= 0.6 is 15.6 Å². The van der Waals surface area contributed by atoms with Gasteiger partial charge in [-0.25, -0.2) is 9.13 Å². The van der Waals surface area contributed by atoms with Crippen molar-refractivity contribution in [1.29, 1.82) is 0 Å². The molecule has 0 aliphatic rings. The molecule has 0 saturated heterocycles. The first-order valence-electron chi connectivity index (χ1n) is 39.0. The summed E-state index contributed by atoms with van der Waals surface area (Å²) in [6.45, 7) is 4.27. The monoisotopic (exact) mass is 1490 g/mol. The predicted molar refractivity (Wildman–Crippen MR) is 426 cm³/mol. The van der Waals surface area contributed by atoms with Gasteiger partial charge in [-0.05, 0) is 173 Å². The van der Waals surface area contributed by atoms with Gasteiger partial charge in [0, 0.05) is 25.7 Å². The van der Waals surface area contributed by atoms with Crippen LogP contribution in [0.25, 0.3) is 0 Å². The van der Waals surface area contributed by atoms with E-state index >= 15 is 0 Å². The Morgan fingerprint density at radius 2 is 0.471 bits per heavy atom. The lowest BCUT2D eigenvalue weighted by atomic mass is 10.1. The standard InChI is InChI=1S/C85H136O17P2/c1-5-9-13-17-21-25-29-33-37-39-43-45-49-53-57-61-65-69-82(87)95-75-80(101-84(89)71-67-63-59-55-51-47-41-35-31-27-23-19-15-11-7-3)77-99-103(91,92)97-73-79(86)74-98-104(93,94)100-78-81(102-85(90)72-68-64-60-56-52-48-42-36-32-28-24-20-16-12-8-4)76-96-83(88)70-66-62-58-54-50-46-44-40-38-34-30-26-22-18-14-10-6-2/h9-16,21-28,33-38,41-46,51,55,79-81,86H,5-8,17-20,29-32,39-40,47-50,52-54,56-78H2,1-4H3,(H,91,92)(H,93,94)/b13-9-,14-10-,15-11-,16-12-,25-21-,26-22-,27-23-,28-24-,37-33-,38-34-,41-35-,42-36-,45-43-,46-44-,55-51-. The van der Waals surface area contributed by atoms with Gasteiger partial charge in [-0.1, -0.05) is 255 Å². The Morgan fingerprint density at radius 3 is 0.740 bits per heavy atom. The first-order valence-corrected chi connectivity index (χ1v) is 42.0. The highest BCUT2D eigenvalue weighted by Crippen LogP contribution is 2.45. The molecule has 588 valence electrons. The van der Waals surface area contributed by atoms with Gasteiger partial charge in [0.15, 0.2) is 12.2 Å². The summed E-state index contributed by atoms with van der Waals surface area (Å²) >= 11 is 0. The van der Waals surface area contributed by atoms with Gasteiger partial charge < -0.3 is 33.8 Å². The Morgan fingerprint density at radius 1 is 0.269 bits per heavy atom. The molecule has 0 aromatic rings. The molecule has 0 aromatic carbocycles. The molecule has 0 saturated carbocycles. The van der Waals surface area contributed by atoms with Gasteiger partial charge in [-0.2, -0.15) is 0 Å².